The van der Waals surface area contributed by atoms with Gasteiger partial charge >= 0.3 is 0 Å². The first-order chi connectivity index (χ1) is 7.24. The van der Waals surface area contributed by atoms with Crippen molar-refractivity contribution in [1.82, 2.24) is 4.98 Å². The molecule has 0 saturated heterocycles. The zero-order valence-electron chi connectivity index (χ0n) is 8.63. The predicted molar refractivity (Wildman–Crippen MR) is 67.2 cm³/mol. The zero-order valence-corrected chi connectivity index (χ0v) is 11.0. The minimum Gasteiger partial charge on any atom is -0.263 e. The van der Waals surface area contributed by atoms with Gasteiger partial charge in [0.05, 0.1) is 0 Å². The normalized spacial score (nSPS) is 26.5. The Labute approximate surface area is 104 Å². The SMILES string of the molecule is ClC1CCCC(Cc2cncc(Br)c2)C1. The largest absolute Gasteiger partial charge is 0.263 e. The topological polar surface area (TPSA) is 12.9 Å². The fourth-order valence-electron chi connectivity index (χ4n) is 2.31. The molecule has 1 nitrogen and oxygen atoms in total. The molecule has 0 spiro atoms. The molecule has 1 fully saturated rings. The molecule has 1 aromatic rings. The second-order valence-electron chi connectivity index (χ2n) is 4.35. The number of alkyl halides is 1. The van der Waals surface area contributed by atoms with Crippen LogP contribution in [-0.2, 0) is 6.42 Å². The first kappa shape index (κ1) is 11.4. The number of hydrogen-bond acceptors (Lipinski definition) is 1. The maximum Gasteiger partial charge on any atom is 0.0410 e. The maximum absolute atomic E-state index is 6.18. The minimum absolute atomic E-state index is 0.392. The molecule has 2 atom stereocenters. The molecule has 0 bridgehead atoms. The smallest absolute Gasteiger partial charge is 0.0410 e. The lowest BCUT2D eigenvalue weighted by Gasteiger charge is -2.25. The molecule has 0 radical (unpaired) electrons. The van der Waals surface area contributed by atoms with Gasteiger partial charge in [0, 0.05) is 22.2 Å². The molecule has 1 aromatic heterocycles. The van der Waals surface area contributed by atoms with E-state index in [0.717, 1.165) is 23.2 Å². The molecule has 0 N–H and O–H groups in total. The van der Waals surface area contributed by atoms with Gasteiger partial charge in [-0.3, -0.25) is 4.98 Å². The van der Waals surface area contributed by atoms with Gasteiger partial charge in [-0.25, -0.2) is 0 Å². The fourth-order valence-corrected chi connectivity index (χ4v) is 3.13. The van der Waals surface area contributed by atoms with E-state index >= 15 is 0 Å². The van der Waals surface area contributed by atoms with E-state index < -0.39 is 0 Å². The lowest BCUT2D eigenvalue weighted by molar-refractivity contribution is 0.361. The Morgan fingerprint density at radius 2 is 2.27 bits per heavy atom. The van der Waals surface area contributed by atoms with Gasteiger partial charge in [0.1, 0.15) is 0 Å². The molecule has 3 heteroatoms. The summed E-state index contributed by atoms with van der Waals surface area (Å²) in [6.07, 6.45) is 9.85. The number of aromatic nitrogens is 1. The van der Waals surface area contributed by atoms with Crippen LogP contribution in [0.25, 0.3) is 0 Å². The first-order valence-electron chi connectivity index (χ1n) is 5.47. The highest BCUT2D eigenvalue weighted by atomic mass is 79.9. The third-order valence-electron chi connectivity index (χ3n) is 3.00. The standard InChI is InChI=1S/C12H15BrClN/c13-11-5-10(7-15-8-11)4-9-2-1-3-12(14)6-9/h5,7-9,12H,1-4,6H2. The predicted octanol–water partition coefficient (Wildman–Crippen LogP) is 4.18. The summed E-state index contributed by atoms with van der Waals surface area (Å²) in [5.74, 6) is 0.748. The van der Waals surface area contributed by atoms with E-state index in [9.17, 15) is 0 Å². The number of pyridine rings is 1. The fraction of sp³-hybridized carbons (Fsp3) is 0.583. The molecule has 0 aromatic carbocycles. The Bertz CT molecular complexity index is 329. The second-order valence-corrected chi connectivity index (χ2v) is 5.88. The van der Waals surface area contributed by atoms with Crippen LogP contribution in [0.1, 0.15) is 31.2 Å². The summed E-state index contributed by atoms with van der Waals surface area (Å²) < 4.78 is 1.07. The summed E-state index contributed by atoms with van der Waals surface area (Å²) in [6, 6.07) is 2.16. The van der Waals surface area contributed by atoms with Crippen LogP contribution in [0.15, 0.2) is 22.9 Å². The summed E-state index contributed by atoms with van der Waals surface area (Å²) in [5.41, 5.74) is 1.32. The summed E-state index contributed by atoms with van der Waals surface area (Å²) in [5, 5.41) is 0.392. The van der Waals surface area contributed by atoms with Gasteiger partial charge in [0.15, 0.2) is 0 Å². The summed E-state index contributed by atoms with van der Waals surface area (Å²) in [6.45, 7) is 0. The molecule has 1 saturated carbocycles. The molecule has 1 aliphatic carbocycles. The van der Waals surface area contributed by atoms with Gasteiger partial charge in [-0.05, 0) is 52.7 Å². The third kappa shape index (κ3) is 3.46. The van der Waals surface area contributed by atoms with Crippen molar-refractivity contribution in [2.24, 2.45) is 5.92 Å². The van der Waals surface area contributed by atoms with Gasteiger partial charge in [0.2, 0.25) is 0 Å². The molecule has 0 aliphatic heterocycles. The average Bonchev–Trinajstić information content (AvgIpc) is 2.17. The molecule has 15 heavy (non-hydrogen) atoms. The van der Waals surface area contributed by atoms with Crippen molar-refractivity contribution in [2.75, 3.05) is 0 Å². The van der Waals surface area contributed by atoms with Crippen molar-refractivity contribution >= 4 is 27.5 Å². The van der Waals surface area contributed by atoms with Crippen LogP contribution < -0.4 is 0 Å². The van der Waals surface area contributed by atoms with E-state index in [0.29, 0.717) is 5.38 Å². The van der Waals surface area contributed by atoms with E-state index in [4.69, 9.17) is 11.6 Å². The van der Waals surface area contributed by atoms with Crippen molar-refractivity contribution in [2.45, 2.75) is 37.5 Å². The minimum atomic E-state index is 0.392. The molecular weight excluding hydrogens is 273 g/mol. The maximum atomic E-state index is 6.18. The van der Waals surface area contributed by atoms with Crippen LogP contribution in [0.4, 0.5) is 0 Å². The van der Waals surface area contributed by atoms with Crippen LogP contribution in [-0.4, -0.2) is 10.4 Å². The number of hydrogen-bond donors (Lipinski definition) is 0. The summed E-state index contributed by atoms with van der Waals surface area (Å²) in [7, 11) is 0. The monoisotopic (exact) mass is 287 g/mol. The number of nitrogens with zero attached hydrogens (tertiary/aromatic N) is 1. The summed E-state index contributed by atoms with van der Waals surface area (Å²) >= 11 is 9.63. The van der Waals surface area contributed by atoms with Gasteiger partial charge in [-0.1, -0.05) is 12.8 Å². The summed E-state index contributed by atoms with van der Waals surface area (Å²) in [4.78, 5) is 4.19. The van der Waals surface area contributed by atoms with Crippen LogP contribution in [0.5, 0.6) is 0 Å². The van der Waals surface area contributed by atoms with Crippen molar-refractivity contribution in [3.05, 3.63) is 28.5 Å². The number of rotatable bonds is 2. The quantitative estimate of drug-likeness (QED) is 0.744. The molecule has 0 amide bonds. The van der Waals surface area contributed by atoms with Crippen LogP contribution in [0.3, 0.4) is 0 Å². The molecule has 1 aliphatic rings. The van der Waals surface area contributed by atoms with E-state index in [1.807, 2.05) is 12.4 Å². The second kappa shape index (κ2) is 5.31. The Balaban J connectivity index is 1.96. The highest BCUT2D eigenvalue weighted by molar-refractivity contribution is 9.10. The Morgan fingerprint density at radius 3 is 3.00 bits per heavy atom. The molecule has 2 rings (SSSR count). The highest BCUT2D eigenvalue weighted by Gasteiger charge is 2.20. The third-order valence-corrected chi connectivity index (χ3v) is 3.83. The average molecular weight is 289 g/mol. The Hall–Kier alpha value is -0.0800. The Kier molecular flexibility index (Phi) is 4.04. The molecule has 82 valence electrons. The number of halogens is 2. The van der Waals surface area contributed by atoms with E-state index in [1.165, 1.54) is 24.8 Å². The van der Waals surface area contributed by atoms with E-state index in [2.05, 4.69) is 27.0 Å². The Morgan fingerprint density at radius 1 is 1.40 bits per heavy atom. The van der Waals surface area contributed by atoms with Gasteiger partial charge in [-0.15, -0.1) is 11.6 Å². The van der Waals surface area contributed by atoms with Gasteiger partial charge in [0.25, 0.3) is 0 Å². The highest BCUT2D eigenvalue weighted by Crippen LogP contribution is 2.30. The van der Waals surface area contributed by atoms with E-state index in [1.54, 1.807) is 0 Å². The van der Waals surface area contributed by atoms with Crippen molar-refractivity contribution in [3.63, 3.8) is 0 Å². The van der Waals surface area contributed by atoms with Crippen LogP contribution in [0, 0.1) is 5.92 Å². The van der Waals surface area contributed by atoms with Crippen molar-refractivity contribution in [1.29, 1.82) is 0 Å². The first-order valence-corrected chi connectivity index (χ1v) is 6.70. The molecule has 1 heterocycles. The molecular formula is C12H15BrClN. The zero-order chi connectivity index (χ0) is 10.7. The lowest BCUT2D eigenvalue weighted by Crippen LogP contribution is -2.17. The van der Waals surface area contributed by atoms with E-state index in [-0.39, 0.29) is 0 Å². The molecule has 2 unspecified atom stereocenters. The van der Waals surface area contributed by atoms with Crippen molar-refractivity contribution < 1.29 is 0 Å². The van der Waals surface area contributed by atoms with Crippen LogP contribution >= 0.6 is 27.5 Å². The van der Waals surface area contributed by atoms with Crippen LogP contribution in [0.2, 0.25) is 0 Å². The lowest BCUT2D eigenvalue weighted by atomic mass is 9.85. The van der Waals surface area contributed by atoms with Crippen molar-refractivity contribution in [3.8, 4) is 0 Å². The van der Waals surface area contributed by atoms with Gasteiger partial charge in [-0.2, -0.15) is 0 Å². The van der Waals surface area contributed by atoms with Gasteiger partial charge < -0.3 is 0 Å².